The second kappa shape index (κ2) is 5.96. The summed E-state index contributed by atoms with van der Waals surface area (Å²) in [5.74, 6) is -2.63. The summed E-state index contributed by atoms with van der Waals surface area (Å²) in [4.78, 5) is 23.9. The Morgan fingerprint density at radius 2 is 1.74 bits per heavy atom. The first-order valence-electron chi connectivity index (χ1n) is 6.77. The van der Waals surface area contributed by atoms with E-state index in [9.17, 15) is 19.1 Å². The van der Waals surface area contributed by atoms with Gasteiger partial charge in [0.05, 0.1) is 11.6 Å². The number of amides is 1. The van der Waals surface area contributed by atoms with Crippen LogP contribution in [0.25, 0.3) is 5.76 Å². The third-order valence-corrected chi connectivity index (χ3v) is 4.13. The Labute approximate surface area is 139 Å². The molecule has 116 valence electrons. The number of rotatable bonds is 2. The summed E-state index contributed by atoms with van der Waals surface area (Å²) < 4.78 is 14.8. The summed E-state index contributed by atoms with van der Waals surface area (Å²) >= 11 is 3.28. The number of halogens is 2. The van der Waals surface area contributed by atoms with E-state index in [0.29, 0.717) is 5.56 Å². The highest BCUT2D eigenvalue weighted by Gasteiger charge is 2.40. The second-order valence-electron chi connectivity index (χ2n) is 5.03. The van der Waals surface area contributed by atoms with Crippen molar-refractivity contribution in [1.82, 2.24) is 5.32 Å². The van der Waals surface area contributed by atoms with E-state index in [1.54, 1.807) is 30.3 Å². The summed E-state index contributed by atoms with van der Waals surface area (Å²) in [6.07, 6.45) is 0. The van der Waals surface area contributed by atoms with Gasteiger partial charge in [-0.05, 0) is 18.2 Å². The maximum Gasteiger partial charge on any atom is 0.293 e. The molecule has 2 aromatic carbocycles. The molecule has 0 radical (unpaired) electrons. The molecule has 0 bridgehead atoms. The van der Waals surface area contributed by atoms with Crippen LogP contribution in [0.1, 0.15) is 17.2 Å². The number of Topliss-reactive ketones (excluding diaryl/α,β-unsaturated/α-hetero) is 1. The summed E-state index contributed by atoms with van der Waals surface area (Å²) in [5, 5.41) is 12.9. The van der Waals surface area contributed by atoms with E-state index >= 15 is 0 Å². The summed E-state index contributed by atoms with van der Waals surface area (Å²) in [7, 11) is 0. The molecule has 2 aromatic rings. The van der Waals surface area contributed by atoms with Crippen molar-refractivity contribution in [2.24, 2.45) is 0 Å². The molecule has 3 rings (SSSR count). The molecule has 0 saturated carbocycles. The minimum atomic E-state index is -1.01. The third kappa shape index (κ3) is 2.77. The molecular weight excluding hydrogens is 365 g/mol. The monoisotopic (exact) mass is 375 g/mol. The van der Waals surface area contributed by atoms with E-state index in [1.807, 2.05) is 0 Å². The van der Waals surface area contributed by atoms with Crippen molar-refractivity contribution in [1.29, 1.82) is 0 Å². The summed E-state index contributed by atoms with van der Waals surface area (Å²) in [5.41, 5.74) is 0.349. The van der Waals surface area contributed by atoms with E-state index < -0.39 is 23.5 Å². The van der Waals surface area contributed by atoms with Crippen LogP contribution in [0, 0.1) is 5.82 Å². The van der Waals surface area contributed by atoms with Crippen molar-refractivity contribution in [2.45, 2.75) is 6.04 Å². The van der Waals surface area contributed by atoms with E-state index in [1.165, 1.54) is 18.2 Å². The van der Waals surface area contributed by atoms with E-state index in [2.05, 4.69) is 21.2 Å². The number of benzene rings is 2. The Kier molecular flexibility index (Phi) is 4.00. The van der Waals surface area contributed by atoms with Crippen molar-refractivity contribution in [3.63, 3.8) is 0 Å². The molecule has 4 nitrogen and oxygen atoms in total. The van der Waals surface area contributed by atoms with Gasteiger partial charge in [0.15, 0.2) is 0 Å². The van der Waals surface area contributed by atoms with Crippen molar-refractivity contribution in [2.75, 3.05) is 0 Å². The molecule has 1 atom stereocenters. The zero-order valence-corrected chi connectivity index (χ0v) is 13.3. The number of carbonyl (C=O) groups is 2. The molecule has 0 aromatic heterocycles. The van der Waals surface area contributed by atoms with Crippen LogP contribution in [0.5, 0.6) is 0 Å². The van der Waals surface area contributed by atoms with Crippen LogP contribution in [0.3, 0.4) is 0 Å². The largest absolute Gasteiger partial charge is 0.507 e. The van der Waals surface area contributed by atoms with Gasteiger partial charge in [-0.3, -0.25) is 9.59 Å². The van der Waals surface area contributed by atoms with Gasteiger partial charge in [0, 0.05) is 15.6 Å². The lowest BCUT2D eigenvalue weighted by Gasteiger charge is -2.14. The second-order valence-corrected chi connectivity index (χ2v) is 5.94. The quantitative estimate of drug-likeness (QED) is 0.480. The fourth-order valence-electron chi connectivity index (χ4n) is 2.47. The number of nitrogens with one attached hydrogen (secondary N) is 1. The van der Waals surface area contributed by atoms with Crippen molar-refractivity contribution >= 4 is 33.4 Å². The van der Waals surface area contributed by atoms with E-state index in [4.69, 9.17) is 0 Å². The number of hydrogen-bond donors (Lipinski definition) is 2. The maximum absolute atomic E-state index is 14.0. The molecule has 1 aliphatic heterocycles. The Morgan fingerprint density at radius 3 is 2.39 bits per heavy atom. The van der Waals surface area contributed by atoms with E-state index in [-0.39, 0.29) is 16.9 Å². The standard InChI is InChI=1S/C17H11BrFNO3/c18-10-7-5-9(6-8-10)15(21)13-14(20-17(23)16(13)22)11-3-1-2-4-12(11)19/h1-8,14,21H,(H,20,23)/t14-/m1/s1. The predicted molar refractivity (Wildman–Crippen MR) is 86.0 cm³/mol. The molecular formula is C17H11BrFNO3. The fraction of sp³-hybridized carbons (Fsp3) is 0.0588. The Balaban J connectivity index is 2.15. The molecule has 1 aliphatic rings. The molecule has 23 heavy (non-hydrogen) atoms. The molecule has 1 amide bonds. The minimum absolute atomic E-state index is 0.130. The van der Waals surface area contributed by atoms with Gasteiger partial charge in [0.2, 0.25) is 0 Å². The predicted octanol–water partition coefficient (Wildman–Crippen LogP) is 3.30. The van der Waals surface area contributed by atoms with Gasteiger partial charge in [0.1, 0.15) is 11.6 Å². The SMILES string of the molecule is O=C1N[C@H](c2ccccc2F)C(=C(O)c2ccc(Br)cc2)C1=O. The van der Waals surface area contributed by atoms with Crippen LogP contribution in [0.4, 0.5) is 4.39 Å². The lowest BCUT2D eigenvalue weighted by atomic mass is 9.95. The number of ketones is 1. The highest BCUT2D eigenvalue weighted by molar-refractivity contribution is 9.10. The normalized spacial score (nSPS) is 19.7. The molecule has 6 heteroatoms. The van der Waals surface area contributed by atoms with Crippen molar-refractivity contribution < 1.29 is 19.1 Å². The fourth-order valence-corrected chi connectivity index (χ4v) is 2.74. The Hall–Kier alpha value is -2.47. The Bertz CT molecular complexity index is 830. The highest BCUT2D eigenvalue weighted by Crippen LogP contribution is 2.34. The maximum atomic E-state index is 14.0. The lowest BCUT2D eigenvalue weighted by Crippen LogP contribution is -2.21. The topological polar surface area (TPSA) is 66.4 Å². The van der Waals surface area contributed by atoms with Crippen molar-refractivity contribution in [3.05, 3.63) is 75.5 Å². The first-order chi connectivity index (χ1) is 11.0. The van der Waals surface area contributed by atoms with Gasteiger partial charge in [-0.2, -0.15) is 0 Å². The number of carbonyl (C=O) groups excluding carboxylic acids is 2. The number of aliphatic hydroxyl groups excluding tert-OH is 1. The van der Waals surface area contributed by atoms with Gasteiger partial charge in [-0.25, -0.2) is 4.39 Å². The van der Waals surface area contributed by atoms with Crippen LogP contribution in [-0.2, 0) is 9.59 Å². The third-order valence-electron chi connectivity index (χ3n) is 3.60. The molecule has 2 N–H and O–H groups in total. The summed E-state index contributed by atoms with van der Waals surface area (Å²) in [6.45, 7) is 0. The lowest BCUT2D eigenvalue weighted by molar-refractivity contribution is -0.133. The molecule has 1 saturated heterocycles. The van der Waals surface area contributed by atoms with Gasteiger partial charge in [-0.1, -0.05) is 46.3 Å². The summed E-state index contributed by atoms with van der Waals surface area (Å²) in [6, 6.07) is 11.4. The first kappa shape index (κ1) is 15.4. The van der Waals surface area contributed by atoms with Crippen LogP contribution in [0.2, 0.25) is 0 Å². The van der Waals surface area contributed by atoms with Gasteiger partial charge in [0.25, 0.3) is 11.7 Å². The van der Waals surface area contributed by atoms with Crippen LogP contribution in [-0.4, -0.2) is 16.8 Å². The smallest absolute Gasteiger partial charge is 0.293 e. The van der Waals surface area contributed by atoms with Gasteiger partial charge < -0.3 is 10.4 Å². The van der Waals surface area contributed by atoms with Crippen molar-refractivity contribution in [3.8, 4) is 0 Å². The Morgan fingerprint density at radius 1 is 1.09 bits per heavy atom. The average molecular weight is 376 g/mol. The zero-order chi connectivity index (χ0) is 16.6. The average Bonchev–Trinajstić information content (AvgIpc) is 2.83. The molecule has 1 heterocycles. The minimum Gasteiger partial charge on any atom is -0.507 e. The molecule has 0 unspecified atom stereocenters. The highest BCUT2D eigenvalue weighted by atomic mass is 79.9. The number of hydrogen-bond acceptors (Lipinski definition) is 3. The number of aliphatic hydroxyl groups is 1. The van der Waals surface area contributed by atoms with Crippen LogP contribution in [0.15, 0.2) is 58.6 Å². The molecule has 0 spiro atoms. The zero-order valence-electron chi connectivity index (χ0n) is 11.7. The molecule has 1 fully saturated rings. The van der Waals surface area contributed by atoms with Gasteiger partial charge in [-0.15, -0.1) is 0 Å². The molecule has 0 aliphatic carbocycles. The van der Waals surface area contributed by atoms with Crippen LogP contribution < -0.4 is 5.32 Å². The first-order valence-corrected chi connectivity index (χ1v) is 7.57. The van der Waals surface area contributed by atoms with Gasteiger partial charge >= 0.3 is 0 Å². The van der Waals surface area contributed by atoms with E-state index in [0.717, 1.165) is 4.47 Å². The van der Waals surface area contributed by atoms with Crippen LogP contribution >= 0.6 is 15.9 Å².